The highest BCUT2D eigenvalue weighted by molar-refractivity contribution is 5.85. The number of ketones is 1. The topological polar surface area (TPSA) is 20.3 Å². The number of piperidine rings is 1. The highest BCUT2D eigenvalue weighted by Crippen LogP contribution is 2.15. The first-order valence-corrected chi connectivity index (χ1v) is 3.89. The largest absolute Gasteiger partial charge is 0.306 e. The van der Waals surface area contributed by atoms with Gasteiger partial charge in [-0.15, -0.1) is 12.4 Å². The van der Waals surface area contributed by atoms with Crippen molar-refractivity contribution in [3.8, 4) is 0 Å². The zero-order valence-electron chi connectivity index (χ0n) is 7.17. The Morgan fingerprint density at radius 1 is 1.55 bits per heavy atom. The summed E-state index contributed by atoms with van der Waals surface area (Å²) in [6, 6.07) is 0. The van der Waals surface area contributed by atoms with E-state index in [0.29, 0.717) is 11.7 Å². The van der Waals surface area contributed by atoms with Gasteiger partial charge in [-0.3, -0.25) is 4.79 Å². The first kappa shape index (κ1) is 10.9. The number of carbonyl (C=O) groups excluding carboxylic acids is 1. The van der Waals surface area contributed by atoms with Crippen LogP contribution in [-0.2, 0) is 4.79 Å². The predicted molar refractivity (Wildman–Crippen MR) is 48.2 cm³/mol. The van der Waals surface area contributed by atoms with Gasteiger partial charge < -0.3 is 4.90 Å². The van der Waals surface area contributed by atoms with E-state index in [0.717, 1.165) is 19.5 Å². The second-order valence-electron chi connectivity index (χ2n) is 3.21. The Bertz CT molecular complexity index is 138. The molecule has 1 fully saturated rings. The summed E-state index contributed by atoms with van der Waals surface area (Å²) in [5, 5.41) is 0. The Balaban J connectivity index is 0.000001000. The lowest BCUT2D eigenvalue weighted by molar-refractivity contribution is -0.122. The molecule has 11 heavy (non-hydrogen) atoms. The maximum atomic E-state index is 10.9. The van der Waals surface area contributed by atoms with Gasteiger partial charge in [0.2, 0.25) is 0 Å². The van der Waals surface area contributed by atoms with Gasteiger partial charge in [0.05, 0.1) is 0 Å². The van der Waals surface area contributed by atoms with Gasteiger partial charge in [-0.25, -0.2) is 0 Å². The summed E-state index contributed by atoms with van der Waals surface area (Å²) < 4.78 is 0. The highest BCUT2D eigenvalue weighted by Gasteiger charge is 2.20. The molecule has 1 atom stereocenters. The summed E-state index contributed by atoms with van der Waals surface area (Å²) in [7, 11) is 2.08. The van der Waals surface area contributed by atoms with Gasteiger partial charge >= 0.3 is 0 Å². The van der Waals surface area contributed by atoms with Crippen molar-refractivity contribution in [2.75, 3.05) is 20.1 Å². The van der Waals surface area contributed by atoms with Gasteiger partial charge in [-0.1, -0.05) is 0 Å². The number of hydrogen-bond acceptors (Lipinski definition) is 2. The molecule has 0 radical (unpaired) electrons. The number of nitrogens with zero attached hydrogens (tertiary/aromatic N) is 1. The van der Waals surface area contributed by atoms with Crippen molar-refractivity contribution in [2.24, 2.45) is 5.92 Å². The van der Waals surface area contributed by atoms with E-state index in [-0.39, 0.29) is 12.4 Å². The van der Waals surface area contributed by atoms with Crippen LogP contribution in [0.2, 0.25) is 0 Å². The summed E-state index contributed by atoms with van der Waals surface area (Å²) in [4.78, 5) is 13.1. The third-order valence-corrected chi connectivity index (χ3v) is 2.20. The second-order valence-corrected chi connectivity index (χ2v) is 3.21. The average Bonchev–Trinajstić information content (AvgIpc) is 1.88. The van der Waals surface area contributed by atoms with Crippen LogP contribution in [0.3, 0.4) is 0 Å². The number of rotatable bonds is 1. The van der Waals surface area contributed by atoms with Crippen LogP contribution < -0.4 is 0 Å². The van der Waals surface area contributed by atoms with Crippen LogP contribution in [0.1, 0.15) is 19.8 Å². The lowest BCUT2D eigenvalue weighted by Crippen LogP contribution is -2.35. The summed E-state index contributed by atoms with van der Waals surface area (Å²) >= 11 is 0. The van der Waals surface area contributed by atoms with Crippen molar-refractivity contribution in [2.45, 2.75) is 19.8 Å². The molecule has 1 heterocycles. The summed E-state index contributed by atoms with van der Waals surface area (Å²) in [6.45, 7) is 3.82. The van der Waals surface area contributed by atoms with Crippen molar-refractivity contribution < 1.29 is 4.79 Å². The molecule has 0 aromatic rings. The van der Waals surface area contributed by atoms with Crippen molar-refractivity contribution in [1.82, 2.24) is 4.90 Å². The molecule has 0 bridgehead atoms. The van der Waals surface area contributed by atoms with E-state index >= 15 is 0 Å². The molecule has 1 aliphatic rings. The van der Waals surface area contributed by atoms with Gasteiger partial charge in [0.25, 0.3) is 0 Å². The lowest BCUT2D eigenvalue weighted by Gasteiger charge is -2.27. The van der Waals surface area contributed by atoms with Crippen LogP contribution in [0, 0.1) is 5.92 Å². The van der Waals surface area contributed by atoms with E-state index in [2.05, 4.69) is 11.9 Å². The Labute approximate surface area is 74.4 Å². The van der Waals surface area contributed by atoms with Crippen LogP contribution in [0.4, 0.5) is 0 Å². The summed E-state index contributed by atoms with van der Waals surface area (Å²) in [5.41, 5.74) is 0. The zero-order chi connectivity index (χ0) is 7.56. The van der Waals surface area contributed by atoms with E-state index in [1.807, 2.05) is 0 Å². The molecule has 0 amide bonds. The minimum atomic E-state index is 0. The maximum Gasteiger partial charge on any atom is 0.134 e. The van der Waals surface area contributed by atoms with Gasteiger partial charge in [0, 0.05) is 12.5 Å². The smallest absolute Gasteiger partial charge is 0.134 e. The van der Waals surface area contributed by atoms with Crippen LogP contribution in [0.15, 0.2) is 0 Å². The number of likely N-dealkylation sites (tertiary alicyclic amines) is 1. The van der Waals surface area contributed by atoms with Gasteiger partial charge in [0.15, 0.2) is 0 Å². The minimum absolute atomic E-state index is 0. The molecule has 0 aromatic carbocycles. The molecule has 0 spiro atoms. The third kappa shape index (κ3) is 3.21. The molecule has 1 saturated heterocycles. The second kappa shape index (κ2) is 4.73. The van der Waals surface area contributed by atoms with E-state index in [9.17, 15) is 4.79 Å². The minimum Gasteiger partial charge on any atom is -0.306 e. The van der Waals surface area contributed by atoms with Crippen molar-refractivity contribution >= 4 is 18.2 Å². The molecule has 0 aliphatic carbocycles. The van der Waals surface area contributed by atoms with E-state index < -0.39 is 0 Å². The number of halogens is 1. The van der Waals surface area contributed by atoms with Crippen LogP contribution >= 0.6 is 12.4 Å². The molecule has 3 heteroatoms. The third-order valence-electron chi connectivity index (χ3n) is 2.20. The molecule has 0 saturated carbocycles. The summed E-state index contributed by atoms with van der Waals surface area (Å²) in [6.07, 6.45) is 2.28. The molecule has 66 valence electrons. The van der Waals surface area contributed by atoms with Crippen LogP contribution in [0.25, 0.3) is 0 Å². The molecule has 0 N–H and O–H groups in total. The van der Waals surface area contributed by atoms with Gasteiger partial charge in [0.1, 0.15) is 5.78 Å². The first-order valence-electron chi connectivity index (χ1n) is 3.89. The number of Topliss-reactive ketones (excluding diaryl/α,β-unsaturated/α-hetero) is 1. The van der Waals surface area contributed by atoms with Crippen molar-refractivity contribution in [3.63, 3.8) is 0 Å². The monoisotopic (exact) mass is 177 g/mol. The maximum absolute atomic E-state index is 10.9. The SMILES string of the molecule is CC(=O)C1CCCN(C)C1.Cl. The Morgan fingerprint density at radius 3 is 2.55 bits per heavy atom. The van der Waals surface area contributed by atoms with Crippen LogP contribution in [-0.4, -0.2) is 30.8 Å². The van der Waals surface area contributed by atoms with Crippen LogP contribution in [0.5, 0.6) is 0 Å². The predicted octanol–water partition coefficient (Wildman–Crippen LogP) is 1.34. The average molecular weight is 178 g/mol. The molecule has 0 aromatic heterocycles. The fourth-order valence-electron chi connectivity index (χ4n) is 1.50. The van der Waals surface area contributed by atoms with E-state index in [4.69, 9.17) is 0 Å². The Hall–Kier alpha value is -0.0800. The molecule has 2 nitrogen and oxygen atoms in total. The lowest BCUT2D eigenvalue weighted by atomic mass is 9.95. The van der Waals surface area contributed by atoms with E-state index in [1.54, 1.807) is 6.92 Å². The molecular formula is C8H16ClNO. The van der Waals surface area contributed by atoms with Gasteiger partial charge in [-0.2, -0.15) is 0 Å². The number of hydrogen-bond donors (Lipinski definition) is 0. The molecule has 1 aliphatic heterocycles. The quantitative estimate of drug-likeness (QED) is 0.603. The fourth-order valence-corrected chi connectivity index (χ4v) is 1.50. The standard InChI is InChI=1S/C8H15NO.ClH/c1-7(10)8-4-3-5-9(2)6-8;/h8H,3-6H2,1-2H3;1H. The zero-order valence-corrected chi connectivity index (χ0v) is 7.99. The summed E-state index contributed by atoms with van der Waals surface area (Å²) in [5.74, 6) is 0.672. The van der Waals surface area contributed by atoms with Crippen molar-refractivity contribution in [1.29, 1.82) is 0 Å². The first-order chi connectivity index (χ1) is 4.70. The Morgan fingerprint density at radius 2 is 2.18 bits per heavy atom. The Kier molecular flexibility index (Phi) is 4.69. The number of carbonyl (C=O) groups is 1. The fraction of sp³-hybridized carbons (Fsp3) is 0.875. The molecular weight excluding hydrogens is 162 g/mol. The molecule has 1 rings (SSSR count). The van der Waals surface area contributed by atoms with E-state index in [1.165, 1.54) is 6.42 Å². The normalized spacial score (nSPS) is 25.8. The van der Waals surface area contributed by atoms with Crippen molar-refractivity contribution in [3.05, 3.63) is 0 Å². The molecule has 1 unspecified atom stereocenters. The van der Waals surface area contributed by atoms with Gasteiger partial charge in [-0.05, 0) is 33.4 Å². The highest BCUT2D eigenvalue weighted by atomic mass is 35.5.